The lowest BCUT2D eigenvalue weighted by Gasteiger charge is -2.30. The van der Waals surface area contributed by atoms with Crippen LogP contribution in [-0.4, -0.2) is 23.9 Å². The third kappa shape index (κ3) is 4.83. The van der Waals surface area contributed by atoms with Gasteiger partial charge < -0.3 is 5.32 Å². The number of likely N-dealkylation sites (tertiary alicyclic amines) is 1. The quantitative estimate of drug-likeness (QED) is 0.823. The van der Waals surface area contributed by atoms with Gasteiger partial charge in [-0.3, -0.25) is 9.69 Å². The summed E-state index contributed by atoms with van der Waals surface area (Å²) < 4.78 is 0. The molecule has 0 radical (unpaired) electrons. The molecule has 0 saturated carbocycles. The number of anilines is 1. The Hall–Kier alpha value is -1.84. The number of benzene rings is 2. The van der Waals surface area contributed by atoms with Gasteiger partial charge >= 0.3 is 0 Å². The molecule has 1 amide bonds. The van der Waals surface area contributed by atoms with E-state index in [4.69, 9.17) is 11.6 Å². The minimum Gasteiger partial charge on any atom is -0.322 e. The van der Waals surface area contributed by atoms with E-state index in [1.165, 1.54) is 24.9 Å². The molecule has 132 valence electrons. The molecule has 0 aliphatic carbocycles. The standard InChI is InChI=1S/C21H25ClN2O/c1-15-4-3-11-24(13-15)14-17-6-8-18(9-7-17)21(25)23-19-10-5-16(2)20(22)12-19/h5-10,12,15H,3-4,11,13-14H2,1-2H3,(H,23,25)/t15-/m1/s1. The van der Waals surface area contributed by atoms with Gasteiger partial charge in [0.15, 0.2) is 0 Å². The van der Waals surface area contributed by atoms with Crippen molar-refractivity contribution in [1.82, 2.24) is 4.90 Å². The highest BCUT2D eigenvalue weighted by molar-refractivity contribution is 6.31. The number of hydrogen-bond acceptors (Lipinski definition) is 2. The first-order chi connectivity index (χ1) is 12.0. The van der Waals surface area contributed by atoms with E-state index in [2.05, 4.69) is 29.3 Å². The Morgan fingerprint density at radius 3 is 2.68 bits per heavy atom. The van der Waals surface area contributed by atoms with E-state index in [0.717, 1.165) is 24.6 Å². The fraction of sp³-hybridized carbons (Fsp3) is 0.381. The van der Waals surface area contributed by atoms with E-state index in [1.807, 2.05) is 31.2 Å². The van der Waals surface area contributed by atoms with Crippen LogP contribution in [0.25, 0.3) is 0 Å². The van der Waals surface area contributed by atoms with Crippen molar-refractivity contribution in [3.8, 4) is 0 Å². The summed E-state index contributed by atoms with van der Waals surface area (Å²) in [5.41, 5.74) is 3.62. The van der Waals surface area contributed by atoms with Crippen molar-refractivity contribution in [1.29, 1.82) is 0 Å². The minimum atomic E-state index is -0.113. The van der Waals surface area contributed by atoms with Crippen molar-refractivity contribution in [2.75, 3.05) is 18.4 Å². The third-order valence-corrected chi connectivity index (χ3v) is 5.20. The topological polar surface area (TPSA) is 32.3 Å². The molecule has 3 rings (SSSR count). The predicted molar refractivity (Wildman–Crippen MR) is 104 cm³/mol. The Morgan fingerprint density at radius 1 is 1.24 bits per heavy atom. The maximum atomic E-state index is 12.4. The summed E-state index contributed by atoms with van der Waals surface area (Å²) >= 11 is 6.11. The molecule has 2 aromatic carbocycles. The molecule has 0 bridgehead atoms. The Labute approximate surface area is 155 Å². The van der Waals surface area contributed by atoms with Gasteiger partial charge in [-0.05, 0) is 67.6 Å². The van der Waals surface area contributed by atoms with Gasteiger partial charge in [-0.1, -0.05) is 36.7 Å². The van der Waals surface area contributed by atoms with Gasteiger partial charge in [-0.15, -0.1) is 0 Å². The number of halogens is 1. The van der Waals surface area contributed by atoms with Crippen LogP contribution in [0.5, 0.6) is 0 Å². The van der Waals surface area contributed by atoms with Gasteiger partial charge in [0.05, 0.1) is 0 Å². The molecule has 1 aliphatic heterocycles. The fourth-order valence-corrected chi connectivity index (χ4v) is 3.50. The van der Waals surface area contributed by atoms with Crippen LogP contribution in [0.15, 0.2) is 42.5 Å². The van der Waals surface area contributed by atoms with Crippen molar-refractivity contribution in [3.05, 3.63) is 64.2 Å². The van der Waals surface area contributed by atoms with Gasteiger partial charge in [-0.2, -0.15) is 0 Å². The highest BCUT2D eigenvalue weighted by Crippen LogP contribution is 2.21. The molecule has 1 aliphatic rings. The second-order valence-corrected chi connectivity index (χ2v) is 7.50. The summed E-state index contributed by atoms with van der Waals surface area (Å²) in [6.07, 6.45) is 2.61. The highest BCUT2D eigenvalue weighted by Gasteiger charge is 2.16. The number of hydrogen-bond donors (Lipinski definition) is 1. The maximum Gasteiger partial charge on any atom is 0.255 e. The van der Waals surface area contributed by atoms with Crippen molar-refractivity contribution in [3.63, 3.8) is 0 Å². The van der Waals surface area contributed by atoms with Crippen molar-refractivity contribution >= 4 is 23.2 Å². The second-order valence-electron chi connectivity index (χ2n) is 7.10. The Kier molecular flexibility index (Phi) is 5.77. The van der Waals surface area contributed by atoms with Crippen LogP contribution < -0.4 is 5.32 Å². The molecule has 2 aromatic rings. The van der Waals surface area contributed by atoms with Crippen LogP contribution in [0.3, 0.4) is 0 Å². The Balaban J connectivity index is 1.61. The molecule has 1 saturated heterocycles. The van der Waals surface area contributed by atoms with E-state index in [9.17, 15) is 4.79 Å². The Bertz CT molecular complexity index is 742. The molecular weight excluding hydrogens is 332 g/mol. The zero-order valence-corrected chi connectivity index (χ0v) is 15.6. The number of carbonyl (C=O) groups is 1. The first-order valence-electron chi connectivity index (χ1n) is 8.90. The molecule has 4 heteroatoms. The van der Waals surface area contributed by atoms with Gasteiger partial charge in [0, 0.05) is 29.4 Å². The molecule has 25 heavy (non-hydrogen) atoms. The van der Waals surface area contributed by atoms with E-state index in [1.54, 1.807) is 6.07 Å². The average Bonchev–Trinajstić information content (AvgIpc) is 2.59. The third-order valence-electron chi connectivity index (χ3n) is 4.79. The number of aryl methyl sites for hydroxylation is 1. The summed E-state index contributed by atoms with van der Waals surface area (Å²) in [5, 5.41) is 3.56. The van der Waals surface area contributed by atoms with E-state index in [-0.39, 0.29) is 5.91 Å². The summed E-state index contributed by atoms with van der Waals surface area (Å²) in [6.45, 7) is 7.55. The maximum absolute atomic E-state index is 12.4. The zero-order chi connectivity index (χ0) is 17.8. The largest absolute Gasteiger partial charge is 0.322 e. The smallest absolute Gasteiger partial charge is 0.255 e. The van der Waals surface area contributed by atoms with E-state index >= 15 is 0 Å². The molecule has 0 spiro atoms. The molecule has 3 nitrogen and oxygen atoms in total. The first-order valence-corrected chi connectivity index (χ1v) is 9.28. The highest BCUT2D eigenvalue weighted by atomic mass is 35.5. The summed E-state index contributed by atoms with van der Waals surface area (Å²) in [7, 11) is 0. The predicted octanol–water partition coefficient (Wildman–Crippen LogP) is 5.13. The van der Waals surface area contributed by atoms with E-state index < -0.39 is 0 Å². The number of rotatable bonds is 4. The first kappa shape index (κ1) is 18.0. The van der Waals surface area contributed by atoms with Crippen molar-refractivity contribution in [2.24, 2.45) is 5.92 Å². The molecule has 1 heterocycles. The van der Waals surface area contributed by atoms with Gasteiger partial charge in [0.2, 0.25) is 0 Å². The number of nitrogens with zero attached hydrogens (tertiary/aromatic N) is 1. The summed E-state index contributed by atoms with van der Waals surface area (Å²) in [5.74, 6) is 0.665. The monoisotopic (exact) mass is 356 g/mol. The lowest BCUT2D eigenvalue weighted by atomic mass is 9.99. The van der Waals surface area contributed by atoms with Crippen LogP contribution in [0, 0.1) is 12.8 Å². The summed E-state index contributed by atoms with van der Waals surface area (Å²) in [6, 6.07) is 13.4. The molecule has 0 aromatic heterocycles. The number of carbonyl (C=O) groups excluding carboxylic acids is 1. The van der Waals surface area contributed by atoms with Gasteiger partial charge in [0.1, 0.15) is 0 Å². The lowest BCUT2D eigenvalue weighted by Crippen LogP contribution is -2.33. The zero-order valence-electron chi connectivity index (χ0n) is 14.9. The second kappa shape index (κ2) is 8.03. The van der Waals surface area contributed by atoms with Crippen LogP contribution in [0.1, 0.15) is 41.3 Å². The molecule has 1 fully saturated rings. The number of nitrogens with one attached hydrogen (secondary N) is 1. The minimum absolute atomic E-state index is 0.113. The van der Waals surface area contributed by atoms with Crippen molar-refractivity contribution < 1.29 is 4.79 Å². The van der Waals surface area contributed by atoms with Crippen LogP contribution >= 0.6 is 11.6 Å². The number of amides is 1. The fourth-order valence-electron chi connectivity index (χ4n) is 3.32. The van der Waals surface area contributed by atoms with Gasteiger partial charge in [-0.25, -0.2) is 0 Å². The van der Waals surface area contributed by atoms with Gasteiger partial charge in [0.25, 0.3) is 5.91 Å². The van der Waals surface area contributed by atoms with Crippen LogP contribution in [0.4, 0.5) is 5.69 Å². The Morgan fingerprint density at radius 2 is 2.00 bits per heavy atom. The van der Waals surface area contributed by atoms with E-state index in [0.29, 0.717) is 16.3 Å². The van der Waals surface area contributed by atoms with Crippen molar-refractivity contribution in [2.45, 2.75) is 33.2 Å². The molecule has 1 atom stereocenters. The number of piperidine rings is 1. The molecular formula is C21H25ClN2O. The molecule has 1 N–H and O–H groups in total. The van der Waals surface area contributed by atoms with Crippen LogP contribution in [0.2, 0.25) is 5.02 Å². The average molecular weight is 357 g/mol. The normalized spacial score (nSPS) is 18.1. The van der Waals surface area contributed by atoms with Crippen LogP contribution in [-0.2, 0) is 6.54 Å². The summed E-state index contributed by atoms with van der Waals surface area (Å²) in [4.78, 5) is 14.9. The lowest BCUT2D eigenvalue weighted by molar-refractivity contribution is 0.102. The SMILES string of the molecule is Cc1ccc(NC(=O)c2ccc(CN3CCC[C@@H](C)C3)cc2)cc1Cl. The molecule has 0 unspecified atom stereocenters.